The van der Waals surface area contributed by atoms with E-state index in [0.29, 0.717) is 5.82 Å². The van der Waals surface area contributed by atoms with Gasteiger partial charge in [-0.1, -0.05) is 30.3 Å². The molecule has 0 aliphatic heterocycles. The summed E-state index contributed by atoms with van der Waals surface area (Å²) in [5.74, 6) is 2.92. The van der Waals surface area contributed by atoms with Crippen LogP contribution in [0.2, 0.25) is 0 Å². The van der Waals surface area contributed by atoms with Crippen LogP contribution in [0.1, 0.15) is 11.4 Å². The quantitative estimate of drug-likeness (QED) is 0.797. The minimum Gasteiger partial charge on any atom is -0.383 e. The summed E-state index contributed by atoms with van der Waals surface area (Å²) >= 11 is 1.77. The smallest absolute Gasteiger partial charge is 0.163 e. The van der Waals surface area contributed by atoms with E-state index in [9.17, 15) is 0 Å². The molecule has 102 valence electrons. The van der Waals surface area contributed by atoms with Crippen molar-refractivity contribution in [3.05, 3.63) is 47.9 Å². The zero-order chi connectivity index (χ0) is 13.9. The average molecular weight is 285 g/mol. The van der Waals surface area contributed by atoms with E-state index in [1.165, 1.54) is 5.56 Å². The number of aryl methyl sites for hydroxylation is 1. The predicted octanol–water partition coefficient (Wildman–Crippen LogP) is 2.38. The molecule has 2 heterocycles. The van der Waals surface area contributed by atoms with Gasteiger partial charge in [0.1, 0.15) is 11.6 Å². The van der Waals surface area contributed by atoms with Crippen molar-refractivity contribution >= 4 is 28.6 Å². The Labute approximate surface area is 121 Å². The Hall–Kier alpha value is -2.08. The van der Waals surface area contributed by atoms with Gasteiger partial charge in [-0.2, -0.15) is 5.10 Å². The molecule has 0 radical (unpaired) electrons. The Morgan fingerprint density at radius 2 is 1.95 bits per heavy atom. The fourth-order valence-electron chi connectivity index (χ4n) is 1.99. The summed E-state index contributed by atoms with van der Waals surface area (Å²) in [5.41, 5.74) is 8.02. The largest absolute Gasteiger partial charge is 0.383 e. The van der Waals surface area contributed by atoms with Crippen molar-refractivity contribution in [1.29, 1.82) is 0 Å². The number of nitrogen functional groups attached to an aromatic ring is 1. The number of thioether (sulfide) groups is 1. The lowest BCUT2D eigenvalue weighted by molar-refractivity contribution is 0.782. The molecule has 20 heavy (non-hydrogen) atoms. The van der Waals surface area contributed by atoms with Crippen LogP contribution in [0.5, 0.6) is 0 Å². The molecule has 0 amide bonds. The molecule has 0 spiro atoms. The minimum absolute atomic E-state index is 0.499. The van der Waals surface area contributed by atoms with Gasteiger partial charge >= 0.3 is 0 Å². The van der Waals surface area contributed by atoms with E-state index in [2.05, 4.69) is 27.2 Å². The zero-order valence-corrected chi connectivity index (χ0v) is 12.0. The number of benzene rings is 1. The number of aromatic nitrogens is 4. The first-order valence-electron chi connectivity index (χ1n) is 6.30. The van der Waals surface area contributed by atoms with E-state index in [1.54, 1.807) is 22.6 Å². The Balaban J connectivity index is 1.73. The van der Waals surface area contributed by atoms with Crippen molar-refractivity contribution in [2.45, 2.75) is 11.5 Å². The predicted molar refractivity (Wildman–Crippen MR) is 82.2 cm³/mol. The van der Waals surface area contributed by atoms with Crippen molar-refractivity contribution in [3.8, 4) is 0 Å². The monoisotopic (exact) mass is 285 g/mol. The molecule has 0 fully saturated rings. The lowest BCUT2D eigenvalue weighted by atomic mass is 10.2. The van der Waals surface area contributed by atoms with Gasteiger partial charge < -0.3 is 5.73 Å². The van der Waals surface area contributed by atoms with Crippen molar-refractivity contribution in [1.82, 2.24) is 19.7 Å². The lowest BCUT2D eigenvalue weighted by Crippen LogP contribution is -2.01. The van der Waals surface area contributed by atoms with E-state index in [1.807, 2.05) is 25.2 Å². The highest BCUT2D eigenvalue weighted by molar-refractivity contribution is 7.97. The Bertz CT molecular complexity index is 723. The molecule has 0 saturated heterocycles. The minimum atomic E-state index is 0.499. The fraction of sp³-hybridized carbons (Fsp3) is 0.214. The van der Waals surface area contributed by atoms with Crippen molar-refractivity contribution < 1.29 is 0 Å². The third-order valence-electron chi connectivity index (χ3n) is 3.01. The van der Waals surface area contributed by atoms with Crippen molar-refractivity contribution in [2.24, 2.45) is 7.05 Å². The number of rotatable bonds is 4. The molecule has 6 heteroatoms. The van der Waals surface area contributed by atoms with Crippen LogP contribution in [0.3, 0.4) is 0 Å². The van der Waals surface area contributed by atoms with Gasteiger partial charge in [0, 0.05) is 12.8 Å². The summed E-state index contributed by atoms with van der Waals surface area (Å²) in [4.78, 5) is 8.85. The average Bonchev–Trinajstić information content (AvgIpc) is 2.82. The first-order chi connectivity index (χ1) is 9.74. The molecule has 0 atom stereocenters. The van der Waals surface area contributed by atoms with Crippen LogP contribution in [-0.2, 0) is 18.6 Å². The highest BCUT2D eigenvalue weighted by Crippen LogP contribution is 2.20. The normalized spacial score (nSPS) is 11.1. The van der Waals surface area contributed by atoms with E-state index in [0.717, 1.165) is 28.4 Å². The Morgan fingerprint density at radius 1 is 1.15 bits per heavy atom. The fourth-order valence-corrected chi connectivity index (χ4v) is 2.83. The summed E-state index contributed by atoms with van der Waals surface area (Å²) in [7, 11) is 1.86. The van der Waals surface area contributed by atoms with Crippen molar-refractivity contribution in [3.63, 3.8) is 0 Å². The van der Waals surface area contributed by atoms with Gasteiger partial charge in [-0.05, 0) is 5.56 Å². The van der Waals surface area contributed by atoms with Gasteiger partial charge in [0.2, 0.25) is 0 Å². The van der Waals surface area contributed by atoms with Crippen LogP contribution in [0.15, 0.2) is 36.5 Å². The molecule has 0 saturated carbocycles. The second-order valence-electron chi connectivity index (χ2n) is 4.51. The number of fused-ring (bicyclic) bond motifs is 1. The second-order valence-corrected chi connectivity index (χ2v) is 5.49. The SMILES string of the molecule is Cn1ncc2c(N)nc(CSCc3ccccc3)nc21. The first kappa shape index (κ1) is 12.9. The molecular formula is C14H15N5S. The standard InChI is InChI=1S/C14H15N5S/c1-19-14-11(7-16-19)13(15)17-12(18-14)9-20-8-10-5-3-2-4-6-10/h2-7H,8-9H2,1H3,(H2,15,17,18). The van der Waals surface area contributed by atoms with Crippen molar-refractivity contribution in [2.75, 3.05) is 5.73 Å². The van der Waals surface area contributed by atoms with Crippen LogP contribution in [0, 0.1) is 0 Å². The summed E-state index contributed by atoms with van der Waals surface area (Å²) in [6.07, 6.45) is 1.70. The highest BCUT2D eigenvalue weighted by Gasteiger charge is 2.09. The molecule has 0 bridgehead atoms. The maximum Gasteiger partial charge on any atom is 0.163 e. The third kappa shape index (κ3) is 2.60. The van der Waals surface area contributed by atoms with E-state index in [4.69, 9.17) is 5.73 Å². The lowest BCUT2D eigenvalue weighted by Gasteiger charge is -2.04. The van der Waals surface area contributed by atoms with E-state index >= 15 is 0 Å². The highest BCUT2D eigenvalue weighted by atomic mass is 32.2. The topological polar surface area (TPSA) is 69.6 Å². The van der Waals surface area contributed by atoms with Gasteiger partial charge in [0.05, 0.1) is 17.3 Å². The molecule has 1 aromatic carbocycles. The van der Waals surface area contributed by atoms with E-state index < -0.39 is 0 Å². The molecule has 0 unspecified atom stereocenters. The second kappa shape index (κ2) is 5.50. The van der Waals surface area contributed by atoms with Gasteiger partial charge in [-0.25, -0.2) is 9.97 Å². The maximum atomic E-state index is 5.94. The number of nitrogens with two attached hydrogens (primary N) is 1. The third-order valence-corrected chi connectivity index (χ3v) is 4.01. The van der Waals surface area contributed by atoms with Crippen LogP contribution in [-0.4, -0.2) is 19.7 Å². The van der Waals surface area contributed by atoms with Gasteiger partial charge in [0.15, 0.2) is 5.65 Å². The van der Waals surface area contributed by atoms with Gasteiger partial charge in [0.25, 0.3) is 0 Å². The number of anilines is 1. The molecule has 2 N–H and O–H groups in total. The molecule has 2 aromatic heterocycles. The summed E-state index contributed by atoms with van der Waals surface area (Å²) < 4.78 is 1.72. The summed E-state index contributed by atoms with van der Waals surface area (Å²) in [5, 5.41) is 4.96. The first-order valence-corrected chi connectivity index (χ1v) is 7.45. The number of hydrogen-bond acceptors (Lipinski definition) is 5. The zero-order valence-electron chi connectivity index (χ0n) is 11.2. The molecule has 5 nitrogen and oxygen atoms in total. The van der Waals surface area contributed by atoms with Gasteiger partial charge in [-0.15, -0.1) is 11.8 Å². The Kier molecular flexibility index (Phi) is 3.56. The molecule has 3 aromatic rings. The summed E-state index contributed by atoms with van der Waals surface area (Å²) in [6, 6.07) is 10.4. The van der Waals surface area contributed by atoms with Crippen LogP contribution < -0.4 is 5.73 Å². The number of hydrogen-bond donors (Lipinski definition) is 1. The number of nitrogens with zero attached hydrogens (tertiary/aromatic N) is 4. The maximum absolute atomic E-state index is 5.94. The van der Waals surface area contributed by atoms with Gasteiger partial charge in [-0.3, -0.25) is 4.68 Å². The van der Waals surface area contributed by atoms with E-state index in [-0.39, 0.29) is 0 Å². The molecular weight excluding hydrogens is 270 g/mol. The molecule has 0 aliphatic carbocycles. The summed E-state index contributed by atoms with van der Waals surface area (Å²) in [6.45, 7) is 0. The molecule has 0 aliphatic rings. The van der Waals surface area contributed by atoms with Crippen LogP contribution in [0.25, 0.3) is 11.0 Å². The van der Waals surface area contributed by atoms with Crippen LogP contribution >= 0.6 is 11.8 Å². The Morgan fingerprint density at radius 3 is 2.75 bits per heavy atom. The van der Waals surface area contributed by atoms with Crippen LogP contribution in [0.4, 0.5) is 5.82 Å². The molecule has 3 rings (SSSR count).